The van der Waals surface area contributed by atoms with Crippen molar-refractivity contribution >= 4 is 0 Å². The molecular weight excluding hydrogens is 265 g/mol. The van der Waals surface area contributed by atoms with Crippen LogP contribution in [0.1, 0.15) is 31.4 Å². The molecule has 114 valence electrons. The molecule has 0 fully saturated rings. The summed E-state index contributed by atoms with van der Waals surface area (Å²) in [6.45, 7) is 7.14. The van der Waals surface area contributed by atoms with Gasteiger partial charge in [-0.05, 0) is 55.1 Å². The molecule has 1 aromatic heterocycles. The molecule has 3 nitrogen and oxygen atoms in total. The van der Waals surface area contributed by atoms with Crippen molar-refractivity contribution in [2.24, 2.45) is 5.92 Å². The monoisotopic (exact) mass is 289 g/mol. The molecule has 1 heterocycles. The minimum Gasteiger partial charge on any atom is -0.316 e. The Morgan fingerprint density at radius 2 is 2.14 bits per heavy atom. The van der Waals surface area contributed by atoms with Crippen LogP contribution in [0.5, 0.6) is 0 Å². The van der Waals surface area contributed by atoms with E-state index < -0.39 is 0 Å². The van der Waals surface area contributed by atoms with Crippen LogP contribution in [-0.4, -0.2) is 22.9 Å². The van der Waals surface area contributed by atoms with Gasteiger partial charge in [0.25, 0.3) is 0 Å². The van der Waals surface area contributed by atoms with Crippen LogP contribution < -0.4 is 5.32 Å². The second kappa shape index (κ2) is 7.93. The molecule has 2 aromatic rings. The lowest BCUT2D eigenvalue weighted by molar-refractivity contribution is 0.543. The van der Waals surface area contributed by atoms with Gasteiger partial charge in [-0.3, -0.25) is 4.68 Å². The zero-order chi connectivity index (χ0) is 15.1. The summed E-state index contributed by atoms with van der Waals surface area (Å²) in [7, 11) is 0. The first kappa shape index (κ1) is 15.7. The first-order valence-corrected chi connectivity index (χ1v) is 7.60. The Kier molecular flexibility index (Phi) is 5.93. The van der Waals surface area contributed by atoms with E-state index in [-0.39, 0.29) is 5.82 Å². The quantitative estimate of drug-likeness (QED) is 0.756. The number of hydrogen-bond acceptors (Lipinski definition) is 2. The summed E-state index contributed by atoms with van der Waals surface area (Å²) < 4.78 is 15.0. The zero-order valence-corrected chi connectivity index (χ0v) is 12.8. The Bertz CT molecular complexity index is 548. The third kappa shape index (κ3) is 5.68. The molecular formula is C17H24FN3. The van der Waals surface area contributed by atoms with Crippen molar-refractivity contribution < 1.29 is 4.39 Å². The van der Waals surface area contributed by atoms with Gasteiger partial charge in [-0.25, -0.2) is 4.39 Å². The number of nitrogens with zero attached hydrogens (tertiary/aromatic N) is 2. The van der Waals surface area contributed by atoms with Gasteiger partial charge in [0.2, 0.25) is 0 Å². The predicted octanol–water partition coefficient (Wildman–Crippen LogP) is 3.25. The average molecular weight is 289 g/mol. The molecule has 0 saturated carbocycles. The molecule has 4 heteroatoms. The van der Waals surface area contributed by atoms with Gasteiger partial charge in [0.1, 0.15) is 5.82 Å². The molecule has 1 aromatic carbocycles. The van der Waals surface area contributed by atoms with E-state index >= 15 is 0 Å². The van der Waals surface area contributed by atoms with Crippen molar-refractivity contribution in [3.8, 4) is 0 Å². The first-order valence-electron chi connectivity index (χ1n) is 7.60. The Labute approximate surface area is 126 Å². The second-order valence-corrected chi connectivity index (χ2v) is 5.88. The Balaban J connectivity index is 1.76. The standard InChI is InChI=1S/C17H24FN3/c1-14(2)10-19-8-4-6-16-11-20-21(13-16)12-15-5-3-7-17(18)9-15/h3,5,7,9,11,13-14,19H,4,6,8,10,12H2,1-2H3. The molecule has 0 aliphatic rings. The Hall–Kier alpha value is -1.68. The highest BCUT2D eigenvalue weighted by Gasteiger charge is 2.01. The number of nitrogens with one attached hydrogen (secondary N) is 1. The number of aromatic nitrogens is 2. The average Bonchev–Trinajstić information content (AvgIpc) is 2.85. The third-order valence-corrected chi connectivity index (χ3v) is 3.29. The topological polar surface area (TPSA) is 29.9 Å². The summed E-state index contributed by atoms with van der Waals surface area (Å²) in [5, 5.41) is 7.78. The molecule has 0 saturated heterocycles. The van der Waals surface area contributed by atoms with E-state index in [4.69, 9.17) is 0 Å². The van der Waals surface area contributed by atoms with E-state index in [1.165, 1.54) is 11.6 Å². The summed E-state index contributed by atoms with van der Waals surface area (Å²) >= 11 is 0. The van der Waals surface area contributed by atoms with E-state index in [0.29, 0.717) is 12.5 Å². The van der Waals surface area contributed by atoms with Gasteiger partial charge in [-0.15, -0.1) is 0 Å². The molecule has 0 aliphatic carbocycles. The number of halogens is 1. The van der Waals surface area contributed by atoms with Crippen LogP contribution in [0.2, 0.25) is 0 Å². The molecule has 0 bridgehead atoms. The van der Waals surface area contributed by atoms with Crippen molar-refractivity contribution in [1.29, 1.82) is 0 Å². The summed E-state index contributed by atoms with van der Waals surface area (Å²) in [6.07, 6.45) is 6.09. The number of benzene rings is 1. The second-order valence-electron chi connectivity index (χ2n) is 5.88. The number of hydrogen-bond donors (Lipinski definition) is 1. The van der Waals surface area contributed by atoms with E-state index in [1.807, 2.05) is 23.1 Å². The molecule has 0 aliphatic heterocycles. The highest BCUT2D eigenvalue weighted by atomic mass is 19.1. The smallest absolute Gasteiger partial charge is 0.123 e. The highest BCUT2D eigenvalue weighted by molar-refractivity contribution is 5.17. The maximum Gasteiger partial charge on any atom is 0.123 e. The Morgan fingerprint density at radius 1 is 1.29 bits per heavy atom. The molecule has 1 N–H and O–H groups in total. The molecule has 21 heavy (non-hydrogen) atoms. The fourth-order valence-electron chi connectivity index (χ4n) is 2.25. The van der Waals surface area contributed by atoms with Crippen molar-refractivity contribution in [2.75, 3.05) is 13.1 Å². The zero-order valence-electron chi connectivity index (χ0n) is 12.8. The molecule has 2 rings (SSSR count). The van der Waals surface area contributed by atoms with Gasteiger partial charge in [0.05, 0.1) is 12.7 Å². The van der Waals surface area contributed by atoms with Crippen LogP contribution >= 0.6 is 0 Å². The fourth-order valence-corrected chi connectivity index (χ4v) is 2.25. The SMILES string of the molecule is CC(C)CNCCCc1cnn(Cc2cccc(F)c2)c1. The number of rotatable bonds is 8. The summed E-state index contributed by atoms with van der Waals surface area (Å²) in [5.41, 5.74) is 2.17. The van der Waals surface area contributed by atoms with E-state index in [0.717, 1.165) is 31.5 Å². The van der Waals surface area contributed by atoms with E-state index in [2.05, 4.69) is 24.3 Å². The summed E-state index contributed by atoms with van der Waals surface area (Å²) in [4.78, 5) is 0. The van der Waals surface area contributed by atoms with E-state index in [9.17, 15) is 4.39 Å². The molecule has 0 amide bonds. The van der Waals surface area contributed by atoms with Gasteiger partial charge >= 0.3 is 0 Å². The van der Waals surface area contributed by atoms with Crippen LogP contribution in [0, 0.1) is 11.7 Å². The van der Waals surface area contributed by atoms with Gasteiger partial charge < -0.3 is 5.32 Å². The molecule has 0 unspecified atom stereocenters. The Morgan fingerprint density at radius 3 is 2.90 bits per heavy atom. The largest absolute Gasteiger partial charge is 0.316 e. The molecule has 0 spiro atoms. The van der Waals surface area contributed by atoms with Crippen LogP contribution in [-0.2, 0) is 13.0 Å². The summed E-state index contributed by atoms with van der Waals surface area (Å²) in [5.74, 6) is 0.495. The maximum atomic E-state index is 13.1. The van der Waals surface area contributed by atoms with Crippen molar-refractivity contribution in [2.45, 2.75) is 33.2 Å². The van der Waals surface area contributed by atoms with Gasteiger partial charge in [0, 0.05) is 6.20 Å². The van der Waals surface area contributed by atoms with Gasteiger partial charge in [-0.2, -0.15) is 5.10 Å². The van der Waals surface area contributed by atoms with Crippen molar-refractivity contribution in [3.63, 3.8) is 0 Å². The minimum absolute atomic E-state index is 0.198. The van der Waals surface area contributed by atoms with Crippen LogP contribution in [0.4, 0.5) is 4.39 Å². The van der Waals surface area contributed by atoms with Crippen LogP contribution in [0.3, 0.4) is 0 Å². The summed E-state index contributed by atoms with van der Waals surface area (Å²) in [6, 6.07) is 6.66. The minimum atomic E-state index is -0.198. The van der Waals surface area contributed by atoms with Crippen molar-refractivity contribution in [1.82, 2.24) is 15.1 Å². The van der Waals surface area contributed by atoms with Crippen molar-refractivity contribution in [3.05, 3.63) is 53.6 Å². The molecule has 0 radical (unpaired) electrons. The van der Waals surface area contributed by atoms with Crippen LogP contribution in [0.25, 0.3) is 0 Å². The molecule has 0 atom stereocenters. The highest BCUT2D eigenvalue weighted by Crippen LogP contribution is 2.07. The lowest BCUT2D eigenvalue weighted by Crippen LogP contribution is -2.20. The third-order valence-electron chi connectivity index (χ3n) is 3.29. The lowest BCUT2D eigenvalue weighted by atomic mass is 10.2. The lowest BCUT2D eigenvalue weighted by Gasteiger charge is -2.06. The number of aryl methyl sites for hydroxylation is 1. The maximum absolute atomic E-state index is 13.1. The fraction of sp³-hybridized carbons (Fsp3) is 0.471. The first-order chi connectivity index (χ1) is 10.1. The van der Waals surface area contributed by atoms with Gasteiger partial charge in [-0.1, -0.05) is 26.0 Å². The van der Waals surface area contributed by atoms with Crippen LogP contribution in [0.15, 0.2) is 36.7 Å². The predicted molar refractivity (Wildman–Crippen MR) is 83.8 cm³/mol. The van der Waals surface area contributed by atoms with Gasteiger partial charge in [0.15, 0.2) is 0 Å². The van der Waals surface area contributed by atoms with E-state index in [1.54, 1.807) is 12.1 Å². The normalized spacial score (nSPS) is 11.2.